The van der Waals surface area contributed by atoms with Gasteiger partial charge in [0.25, 0.3) is 0 Å². The van der Waals surface area contributed by atoms with Crippen LogP contribution in [0.1, 0.15) is 11.3 Å². The number of aromatic nitrogens is 2. The molecular weight excluding hydrogens is 340 g/mol. The molecule has 0 spiro atoms. The lowest BCUT2D eigenvalue weighted by Gasteiger charge is -2.27. The molecule has 0 amide bonds. The third-order valence-electron chi connectivity index (χ3n) is 4.51. The molecular formula is C20H22N6O. The normalized spacial score (nSPS) is 14.5. The Morgan fingerprint density at radius 3 is 2.74 bits per heavy atom. The molecule has 0 saturated heterocycles. The average molecular weight is 362 g/mol. The molecule has 0 atom stereocenters. The number of guanidine groups is 1. The fourth-order valence-corrected chi connectivity index (χ4v) is 3.12. The highest BCUT2D eigenvalue weighted by atomic mass is 16.5. The smallest absolute Gasteiger partial charge is 0.230 e. The Morgan fingerprint density at radius 2 is 1.93 bits per heavy atom. The summed E-state index contributed by atoms with van der Waals surface area (Å²) in [5.74, 6) is 2.13. The lowest BCUT2D eigenvalue weighted by Crippen LogP contribution is -2.45. The van der Waals surface area contributed by atoms with E-state index in [2.05, 4.69) is 36.6 Å². The second-order valence-corrected chi connectivity index (χ2v) is 6.40. The molecule has 138 valence electrons. The van der Waals surface area contributed by atoms with Gasteiger partial charge in [0, 0.05) is 17.5 Å². The number of aliphatic imine (C=N–C) groups is 1. The number of nitrogens with one attached hydrogen (secondary N) is 2. The first-order valence-corrected chi connectivity index (χ1v) is 8.86. The standard InChI is InChI=1S/C20H22N6O/c1-14-16-8-4-5-9-17(16)24-20(23-14)25-19-21-12-26(13-22-19)11-15-7-3-6-10-18(15)27-2/h3-10H,11-13H2,1-2H3,(H2,21,22,23,24,25). The highest BCUT2D eigenvalue weighted by Crippen LogP contribution is 2.20. The molecule has 27 heavy (non-hydrogen) atoms. The van der Waals surface area contributed by atoms with Crippen LogP contribution in [0.5, 0.6) is 5.75 Å². The average Bonchev–Trinajstić information content (AvgIpc) is 2.70. The van der Waals surface area contributed by atoms with Crippen molar-refractivity contribution in [3.8, 4) is 5.75 Å². The van der Waals surface area contributed by atoms with Gasteiger partial charge in [-0.05, 0) is 19.1 Å². The fourth-order valence-electron chi connectivity index (χ4n) is 3.12. The predicted molar refractivity (Wildman–Crippen MR) is 107 cm³/mol. The zero-order valence-electron chi connectivity index (χ0n) is 15.4. The minimum atomic E-state index is 0.552. The van der Waals surface area contributed by atoms with Crippen LogP contribution >= 0.6 is 0 Å². The van der Waals surface area contributed by atoms with Gasteiger partial charge in [-0.25, -0.2) is 15.0 Å². The van der Waals surface area contributed by atoms with E-state index in [1.54, 1.807) is 7.11 Å². The maximum Gasteiger partial charge on any atom is 0.230 e. The zero-order valence-corrected chi connectivity index (χ0v) is 15.4. The molecule has 0 unspecified atom stereocenters. The minimum absolute atomic E-state index is 0.552. The van der Waals surface area contributed by atoms with Crippen molar-refractivity contribution in [1.82, 2.24) is 20.2 Å². The minimum Gasteiger partial charge on any atom is -0.496 e. The summed E-state index contributed by atoms with van der Waals surface area (Å²) in [5.41, 5.74) is 3.00. The van der Waals surface area contributed by atoms with Crippen molar-refractivity contribution < 1.29 is 4.74 Å². The fraction of sp³-hybridized carbons (Fsp3) is 0.250. The first-order chi connectivity index (χ1) is 13.2. The lowest BCUT2D eigenvalue weighted by atomic mass is 10.2. The van der Waals surface area contributed by atoms with Gasteiger partial charge in [-0.1, -0.05) is 36.4 Å². The van der Waals surface area contributed by atoms with Crippen molar-refractivity contribution in [3.05, 3.63) is 59.8 Å². The molecule has 3 aromatic rings. The highest BCUT2D eigenvalue weighted by molar-refractivity contribution is 5.93. The van der Waals surface area contributed by atoms with E-state index in [0.29, 0.717) is 25.2 Å². The van der Waals surface area contributed by atoms with Gasteiger partial charge in [0.05, 0.1) is 31.7 Å². The number of aryl methyl sites for hydroxylation is 1. The largest absolute Gasteiger partial charge is 0.496 e. The molecule has 1 aromatic heterocycles. The van der Waals surface area contributed by atoms with Crippen LogP contribution in [0.3, 0.4) is 0 Å². The summed E-state index contributed by atoms with van der Waals surface area (Å²) in [4.78, 5) is 15.9. The van der Waals surface area contributed by atoms with Gasteiger partial charge < -0.3 is 10.1 Å². The Kier molecular flexibility index (Phi) is 4.84. The van der Waals surface area contributed by atoms with Crippen molar-refractivity contribution in [2.75, 3.05) is 25.8 Å². The Hall–Kier alpha value is -3.19. The van der Waals surface area contributed by atoms with Gasteiger partial charge >= 0.3 is 0 Å². The molecule has 7 heteroatoms. The second-order valence-electron chi connectivity index (χ2n) is 6.40. The molecule has 0 fully saturated rings. The van der Waals surface area contributed by atoms with Gasteiger partial charge in [-0.2, -0.15) is 0 Å². The Labute approximate surface area is 158 Å². The van der Waals surface area contributed by atoms with Crippen molar-refractivity contribution in [3.63, 3.8) is 0 Å². The van der Waals surface area contributed by atoms with E-state index in [1.807, 2.05) is 49.4 Å². The van der Waals surface area contributed by atoms with Crippen molar-refractivity contribution in [1.29, 1.82) is 0 Å². The highest BCUT2D eigenvalue weighted by Gasteiger charge is 2.15. The molecule has 0 saturated carbocycles. The summed E-state index contributed by atoms with van der Waals surface area (Å²) >= 11 is 0. The number of fused-ring (bicyclic) bond motifs is 1. The number of ether oxygens (including phenoxy) is 1. The lowest BCUT2D eigenvalue weighted by molar-refractivity contribution is 0.252. The van der Waals surface area contributed by atoms with Crippen LogP contribution in [0.25, 0.3) is 10.9 Å². The zero-order chi connectivity index (χ0) is 18.6. The molecule has 2 N–H and O–H groups in total. The molecule has 4 rings (SSSR count). The third kappa shape index (κ3) is 3.83. The molecule has 2 heterocycles. The van der Waals surface area contributed by atoms with Crippen LogP contribution < -0.4 is 15.4 Å². The quantitative estimate of drug-likeness (QED) is 0.743. The van der Waals surface area contributed by atoms with Crippen molar-refractivity contribution in [2.24, 2.45) is 4.99 Å². The van der Waals surface area contributed by atoms with E-state index in [4.69, 9.17) is 4.74 Å². The van der Waals surface area contributed by atoms with Gasteiger partial charge in [-0.3, -0.25) is 10.2 Å². The van der Waals surface area contributed by atoms with Crippen LogP contribution in [-0.4, -0.2) is 41.3 Å². The first kappa shape index (κ1) is 17.2. The van der Waals surface area contributed by atoms with Gasteiger partial charge in [0.1, 0.15) is 5.75 Å². The topological polar surface area (TPSA) is 74.7 Å². The number of methoxy groups -OCH3 is 1. The van der Waals surface area contributed by atoms with E-state index in [9.17, 15) is 0 Å². The van der Waals surface area contributed by atoms with E-state index in [1.165, 1.54) is 0 Å². The van der Waals surface area contributed by atoms with Crippen LogP contribution in [0.2, 0.25) is 0 Å². The van der Waals surface area contributed by atoms with Gasteiger partial charge in [0.15, 0.2) is 0 Å². The molecule has 7 nitrogen and oxygen atoms in total. The van der Waals surface area contributed by atoms with Crippen LogP contribution in [0.15, 0.2) is 53.5 Å². The number of hydrogen-bond acceptors (Lipinski definition) is 7. The maximum atomic E-state index is 5.42. The molecule has 1 aliphatic heterocycles. The predicted octanol–water partition coefficient (Wildman–Crippen LogP) is 2.74. The number of para-hydroxylation sites is 2. The van der Waals surface area contributed by atoms with Gasteiger partial charge in [0.2, 0.25) is 11.9 Å². The second kappa shape index (κ2) is 7.59. The van der Waals surface area contributed by atoms with E-state index in [0.717, 1.165) is 34.5 Å². The van der Waals surface area contributed by atoms with Crippen molar-refractivity contribution >= 4 is 22.8 Å². The number of benzene rings is 2. The molecule has 0 bridgehead atoms. The van der Waals surface area contributed by atoms with Crippen LogP contribution in [-0.2, 0) is 6.54 Å². The summed E-state index contributed by atoms with van der Waals surface area (Å²) in [5, 5.41) is 7.53. The summed E-state index contributed by atoms with van der Waals surface area (Å²) in [6.07, 6.45) is 0. The van der Waals surface area contributed by atoms with Crippen LogP contribution in [0, 0.1) is 6.92 Å². The van der Waals surface area contributed by atoms with Crippen molar-refractivity contribution in [2.45, 2.75) is 13.5 Å². The van der Waals surface area contributed by atoms with E-state index < -0.39 is 0 Å². The number of anilines is 1. The number of rotatable bonds is 4. The summed E-state index contributed by atoms with van der Waals surface area (Å²) in [6, 6.07) is 16.0. The molecule has 0 aliphatic carbocycles. The molecule has 0 radical (unpaired) electrons. The number of nitrogens with zero attached hydrogens (tertiary/aromatic N) is 4. The monoisotopic (exact) mass is 362 g/mol. The summed E-state index contributed by atoms with van der Waals surface area (Å²) < 4.78 is 5.42. The Bertz CT molecular complexity index is 987. The van der Waals surface area contributed by atoms with Gasteiger partial charge in [-0.15, -0.1) is 0 Å². The van der Waals surface area contributed by atoms with E-state index in [-0.39, 0.29) is 0 Å². The van der Waals surface area contributed by atoms with E-state index >= 15 is 0 Å². The van der Waals surface area contributed by atoms with Crippen LogP contribution in [0.4, 0.5) is 5.95 Å². The SMILES string of the molecule is COc1ccccc1CN1CN=C(Nc2nc(C)c3ccccc3n2)NC1. The Balaban J connectivity index is 1.43. The third-order valence-corrected chi connectivity index (χ3v) is 4.51. The summed E-state index contributed by atoms with van der Waals surface area (Å²) in [6.45, 7) is 4.01. The number of hydrogen-bond donors (Lipinski definition) is 2. The first-order valence-electron chi connectivity index (χ1n) is 8.86. The Morgan fingerprint density at radius 1 is 1.11 bits per heavy atom. The molecule has 2 aromatic carbocycles. The molecule has 1 aliphatic rings. The maximum absolute atomic E-state index is 5.42. The summed E-state index contributed by atoms with van der Waals surface area (Å²) in [7, 11) is 1.69.